The smallest absolute Gasteiger partial charge is 0.339 e. The van der Waals surface area contributed by atoms with Crippen LogP contribution in [0.25, 0.3) is 0 Å². The predicted molar refractivity (Wildman–Crippen MR) is 92.8 cm³/mol. The van der Waals surface area contributed by atoms with Crippen molar-refractivity contribution in [3.63, 3.8) is 0 Å². The zero-order valence-corrected chi connectivity index (χ0v) is 14.3. The molecule has 0 aliphatic heterocycles. The average molecular weight is 342 g/mol. The van der Waals surface area contributed by atoms with Gasteiger partial charge < -0.3 is 15.3 Å². The van der Waals surface area contributed by atoms with Crippen LogP contribution in [0.2, 0.25) is 0 Å². The number of carbonyl (C=O) groups is 2. The van der Waals surface area contributed by atoms with Crippen LogP contribution in [-0.4, -0.2) is 24.5 Å². The highest BCUT2D eigenvalue weighted by atomic mass is 16.5. The number of aromatic nitrogens is 1. The Labute approximate surface area is 147 Å². The van der Waals surface area contributed by atoms with Gasteiger partial charge >= 0.3 is 5.97 Å². The number of hydrogen-bond acceptors (Lipinski definition) is 4. The van der Waals surface area contributed by atoms with E-state index in [-0.39, 0.29) is 17.4 Å². The van der Waals surface area contributed by atoms with E-state index in [1.807, 2.05) is 30.3 Å². The summed E-state index contributed by atoms with van der Waals surface area (Å²) >= 11 is 0. The number of pyridine rings is 1. The minimum Gasteiger partial charge on any atom is -0.619 e. The Morgan fingerprint density at radius 2 is 1.80 bits per heavy atom. The number of hydrogen-bond donors (Lipinski definition) is 1. The monoisotopic (exact) mass is 342 g/mol. The van der Waals surface area contributed by atoms with Gasteiger partial charge in [0.2, 0.25) is 0 Å². The van der Waals surface area contributed by atoms with Gasteiger partial charge in [-0.3, -0.25) is 4.79 Å². The molecule has 132 valence electrons. The lowest BCUT2D eigenvalue weighted by Crippen LogP contribution is -2.38. The molecule has 25 heavy (non-hydrogen) atoms. The number of rotatable bonds is 7. The molecule has 0 spiro atoms. The lowest BCUT2D eigenvalue weighted by Gasteiger charge is -2.18. The van der Waals surface area contributed by atoms with Crippen LogP contribution in [-0.2, 0) is 9.53 Å². The number of amides is 1. The second-order valence-electron chi connectivity index (χ2n) is 5.76. The van der Waals surface area contributed by atoms with E-state index in [1.54, 1.807) is 0 Å². The van der Waals surface area contributed by atoms with Crippen molar-refractivity contribution in [1.29, 1.82) is 0 Å². The van der Waals surface area contributed by atoms with Gasteiger partial charge in [-0.25, -0.2) is 4.79 Å². The molecule has 2 aromatic rings. The van der Waals surface area contributed by atoms with E-state index in [1.165, 1.54) is 31.5 Å². The van der Waals surface area contributed by atoms with Gasteiger partial charge in [-0.15, -0.1) is 0 Å². The first kappa shape index (κ1) is 18.4. The molecule has 0 bridgehead atoms. The minimum absolute atomic E-state index is 0.203. The molecular formula is C19H22N2O4. The van der Waals surface area contributed by atoms with Crippen molar-refractivity contribution in [2.45, 2.75) is 32.3 Å². The summed E-state index contributed by atoms with van der Waals surface area (Å²) in [4.78, 5) is 24.1. The zero-order chi connectivity index (χ0) is 18.2. The first-order chi connectivity index (χ1) is 12.0. The Bertz CT molecular complexity index is 701. The molecule has 0 aliphatic rings. The zero-order valence-electron chi connectivity index (χ0n) is 14.3. The third-order valence-corrected chi connectivity index (χ3v) is 3.98. The van der Waals surface area contributed by atoms with E-state index < -0.39 is 12.1 Å². The predicted octanol–water partition coefficient (Wildman–Crippen LogP) is 2.18. The van der Waals surface area contributed by atoms with E-state index in [0.717, 1.165) is 12.0 Å². The van der Waals surface area contributed by atoms with Gasteiger partial charge in [0.25, 0.3) is 5.91 Å². The molecule has 0 saturated carbocycles. The fourth-order valence-electron chi connectivity index (χ4n) is 2.42. The van der Waals surface area contributed by atoms with Crippen LogP contribution < -0.4 is 10.0 Å². The van der Waals surface area contributed by atoms with Crippen molar-refractivity contribution in [2.75, 3.05) is 6.54 Å². The quantitative estimate of drug-likeness (QED) is 0.475. The van der Waals surface area contributed by atoms with Crippen LogP contribution >= 0.6 is 0 Å². The van der Waals surface area contributed by atoms with E-state index >= 15 is 0 Å². The fourth-order valence-corrected chi connectivity index (χ4v) is 2.42. The van der Waals surface area contributed by atoms with Crippen LogP contribution in [0.3, 0.4) is 0 Å². The maximum absolute atomic E-state index is 12.2. The van der Waals surface area contributed by atoms with Crippen molar-refractivity contribution < 1.29 is 19.1 Å². The number of esters is 1. The van der Waals surface area contributed by atoms with Gasteiger partial charge in [0, 0.05) is 24.6 Å². The Morgan fingerprint density at radius 1 is 1.16 bits per heavy atom. The molecule has 0 aliphatic carbocycles. The molecule has 1 amide bonds. The molecule has 0 radical (unpaired) electrons. The highest BCUT2D eigenvalue weighted by Crippen LogP contribution is 2.18. The highest BCUT2D eigenvalue weighted by Gasteiger charge is 2.20. The van der Waals surface area contributed by atoms with Crippen molar-refractivity contribution >= 4 is 11.9 Å². The molecule has 2 rings (SSSR count). The van der Waals surface area contributed by atoms with Crippen molar-refractivity contribution in [2.24, 2.45) is 0 Å². The number of carbonyl (C=O) groups excluding carboxylic acids is 2. The van der Waals surface area contributed by atoms with E-state index in [2.05, 4.69) is 12.2 Å². The molecular weight excluding hydrogens is 320 g/mol. The number of nitrogens with zero attached hydrogens (tertiary/aromatic N) is 1. The van der Waals surface area contributed by atoms with E-state index in [0.29, 0.717) is 11.3 Å². The Morgan fingerprint density at radius 3 is 2.40 bits per heavy atom. The lowest BCUT2D eigenvalue weighted by molar-refractivity contribution is -0.605. The molecule has 0 saturated heterocycles. The maximum Gasteiger partial charge on any atom is 0.339 e. The van der Waals surface area contributed by atoms with Gasteiger partial charge in [0.1, 0.15) is 0 Å². The van der Waals surface area contributed by atoms with Crippen molar-refractivity contribution in [1.82, 2.24) is 5.32 Å². The van der Waals surface area contributed by atoms with Gasteiger partial charge in [-0.1, -0.05) is 37.3 Å². The normalized spacial score (nSPS) is 12.9. The summed E-state index contributed by atoms with van der Waals surface area (Å²) in [5, 5.41) is 13.8. The Hall–Kier alpha value is -2.89. The second kappa shape index (κ2) is 8.82. The van der Waals surface area contributed by atoms with Crippen molar-refractivity contribution in [3.8, 4) is 0 Å². The van der Waals surface area contributed by atoms with Crippen LogP contribution in [0, 0.1) is 5.21 Å². The van der Waals surface area contributed by atoms with E-state index in [9.17, 15) is 14.8 Å². The van der Waals surface area contributed by atoms with Crippen LogP contribution in [0.15, 0.2) is 54.9 Å². The molecule has 1 N–H and O–H groups in total. The van der Waals surface area contributed by atoms with Crippen LogP contribution in [0.5, 0.6) is 0 Å². The number of benzene rings is 1. The van der Waals surface area contributed by atoms with Gasteiger partial charge in [0.05, 0.1) is 5.56 Å². The molecule has 2 atom stereocenters. The van der Waals surface area contributed by atoms with E-state index in [4.69, 9.17) is 4.74 Å². The van der Waals surface area contributed by atoms with Crippen LogP contribution in [0.4, 0.5) is 0 Å². The number of ether oxygens (including phenoxy) is 1. The molecule has 0 unspecified atom stereocenters. The lowest BCUT2D eigenvalue weighted by atomic mass is 9.96. The summed E-state index contributed by atoms with van der Waals surface area (Å²) in [6.07, 6.45) is 2.37. The molecule has 6 nitrogen and oxygen atoms in total. The molecule has 1 heterocycles. The minimum atomic E-state index is -0.916. The molecule has 1 aromatic carbocycles. The molecule has 0 fully saturated rings. The summed E-state index contributed by atoms with van der Waals surface area (Å²) in [6, 6.07) is 12.6. The standard InChI is InChI=1S/C19H22N2O4/c1-3-15(16-7-5-4-6-8-16)13-20-18(22)14(2)25-19(23)17-9-11-21(24)12-10-17/h4-12,14-15H,3,13H2,1-2H3,(H,20,22)/t14-,15+/m1/s1. The first-order valence-electron chi connectivity index (χ1n) is 8.23. The summed E-state index contributed by atoms with van der Waals surface area (Å²) in [7, 11) is 0. The Balaban J connectivity index is 1.87. The largest absolute Gasteiger partial charge is 0.619 e. The summed E-state index contributed by atoms with van der Waals surface area (Å²) in [6.45, 7) is 4.06. The van der Waals surface area contributed by atoms with Gasteiger partial charge in [-0.2, -0.15) is 4.73 Å². The number of nitrogens with one attached hydrogen (secondary N) is 1. The highest BCUT2D eigenvalue weighted by molar-refractivity contribution is 5.91. The topological polar surface area (TPSA) is 82.3 Å². The second-order valence-corrected chi connectivity index (χ2v) is 5.76. The fraction of sp³-hybridized carbons (Fsp3) is 0.316. The maximum atomic E-state index is 12.2. The van der Waals surface area contributed by atoms with Crippen LogP contribution in [0.1, 0.15) is 42.1 Å². The third kappa shape index (κ3) is 5.31. The van der Waals surface area contributed by atoms with Crippen molar-refractivity contribution in [3.05, 3.63) is 71.2 Å². The SMILES string of the molecule is CC[C@@H](CNC(=O)[C@@H](C)OC(=O)c1cc[n+]([O-])cc1)c1ccccc1. The summed E-state index contributed by atoms with van der Waals surface area (Å²) in [5.41, 5.74) is 1.38. The first-order valence-corrected chi connectivity index (χ1v) is 8.23. The Kier molecular flexibility index (Phi) is 6.51. The molecule has 1 aromatic heterocycles. The average Bonchev–Trinajstić information content (AvgIpc) is 2.63. The summed E-state index contributed by atoms with van der Waals surface area (Å²) in [5.74, 6) is -0.787. The third-order valence-electron chi connectivity index (χ3n) is 3.98. The van der Waals surface area contributed by atoms with Gasteiger partial charge in [0.15, 0.2) is 18.5 Å². The molecule has 6 heteroatoms. The summed E-state index contributed by atoms with van der Waals surface area (Å²) < 4.78 is 5.72. The van der Waals surface area contributed by atoms with Gasteiger partial charge in [-0.05, 0) is 18.9 Å².